The molecule has 0 spiro atoms. The molecule has 0 aliphatic heterocycles. The summed E-state index contributed by atoms with van der Waals surface area (Å²) in [6.07, 6.45) is 2.27. The Hall–Kier alpha value is -1.35. The van der Waals surface area contributed by atoms with Crippen molar-refractivity contribution < 1.29 is 4.79 Å². The van der Waals surface area contributed by atoms with Crippen molar-refractivity contribution in [3.8, 4) is 0 Å². The molecule has 3 heteroatoms. The Labute approximate surface area is 116 Å². The van der Waals surface area contributed by atoms with Crippen molar-refractivity contribution in [2.75, 3.05) is 5.32 Å². The summed E-state index contributed by atoms with van der Waals surface area (Å²) >= 11 is 0. The van der Waals surface area contributed by atoms with E-state index in [1.807, 2.05) is 37.3 Å². The second kappa shape index (κ2) is 7.95. The lowest BCUT2D eigenvalue weighted by molar-refractivity contribution is -0.118. The Balaban J connectivity index is 2.40. The van der Waals surface area contributed by atoms with E-state index in [0.717, 1.165) is 12.1 Å². The zero-order chi connectivity index (χ0) is 14.3. The van der Waals surface area contributed by atoms with Gasteiger partial charge < -0.3 is 10.6 Å². The molecule has 0 bridgehead atoms. The van der Waals surface area contributed by atoms with E-state index in [0.29, 0.717) is 12.0 Å². The van der Waals surface area contributed by atoms with Gasteiger partial charge in [-0.1, -0.05) is 38.5 Å². The number of benzene rings is 1. The summed E-state index contributed by atoms with van der Waals surface area (Å²) in [5, 5.41) is 6.27. The van der Waals surface area contributed by atoms with Crippen LogP contribution in [0.25, 0.3) is 0 Å². The van der Waals surface area contributed by atoms with Gasteiger partial charge in [-0.15, -0.1) is 0 Å². The second-order valence-corrected chi connectivity index (χ2v) is 5.39. The van der Waals surface area contributed by atoms with Crippen LogP contribution in [0, 0.1) is 5.92 Å². The smallest absolute Gasteiger partial charge is 0.241 e. The van der Waals surface area contributed by atoms with Crippen molar-refractivity contribution in [2.45, 2.75) is 52.6 Å². The number of carbonyl (C=O) groups excluding carboxylic acids is 1. The molecule has 19 heavy (non-hydrogen) atoms. The highest BCUT2D eigenvalue weighted by molar-refractivity contribution is 5.94. The minimum absolute atomic E-state index is 0.0159. The maximum Gasteiger partial charge on any atom is 0.241 e. The molecule has 1 aromatic rings. The first-order valence-corrected chi connectivity index (χ1v) is 7.14. The van der Waals surface area contributed by atoms with Crippen LogP contribution >= 0.6 is 0 Å². The fourth-order valence-electron chi connectivity index (χ4n) is 2.11. The number of anilines is 1. The molecule has 2 N–H and O–H groups in total. The van der Waals surface area contributed by atoms with Gasteiger partial charge in [0.1, 0.15) is 0 Å². The molecular formula is C16H26N2O. The van der Waals surface area contributed by atoms with Gasteiger partial charge in [0.25, 0.3) is 0 Å². The van der Waals surface area contributed by atoms with Gasteiger partial charge in [0.2, 0.25) is 5.91 Å². The maximum atomic E-state index is 12.0. The Morgan fingerprint density at radius 2 is 1.79 bits per heavy atom. The summed E-state index contributed by atoms with van der Waals surface area (Å²) in [6.45, 7) is 8.49. The van der Waals surface area contributed by atoms with Gasteiger partial charge in [-0.25, -0.2) is 0 Å². The average molecular weight is 262 g/mol. The predicted molar refractivity (Wildman–Crippen MR) is 81.2 cm³/mol. The molecule has 0 heterocycles. The summed E-state index contributed by atoms with van der Waals surface area (Å²) in [5.74, 6) is 0.703. The first kappa shape index (κ1) is 15.7. The molecule has 1 rings (SSSR count). The third-order valence-electron chi connectivity index (χ3n) is 3.42. The van der Waals surface area contributed by atoms with Crippen LogP contribution in [-0.2, 0) is 4.79 Å². The van der Waals surface area contributed by atoms with E-state index in [2.05, 4.69) is 31.4 Å². The first-order chi connectivity index (χ1) is 9.02. The summed E-state index contributed by atoms with van der Waals surface area (Å²) in [7, 11) is 0. The molecule has 0 aliphatic rings. The molecule has 0 saturated carbocycles. The lowest BCUT2D eigenvalue weighted by atomic mass is 10.00. The number of nitrogens with one attached hydrogen (secondary N) is 2. The van der Waals surface area contributed by atoms with E-state index in [9.17, 15) is 4.79 Å². The van der Waals surface area contributed by atoms with Gasteiger partial charge in [-0.2, -0.15) is 0 Å². The van der Waals surface area contributed by atoms with E-state index in [-0.39, 0.29) is 11.9 Å². The van der Waals surface area contributed by atoms with Crippen LogP contribution < -0.4 is 10.6 Å². The van der Waals surface area contributed by atoms with Gasteiger partial charge in [-0.3, -0.25) is 4.79 Å². The third-order valence-corrected chi connectivity index (χ3v) is 3.42. The van der Waals surface area contributed by atoms with E-state index in [4.69, 9.17) is 0 Å². The molecule has 0 radical (unpaired) electrons. The molecular weight excluding hydrogens is 236 g/mol. The third kappa shape index (κ3) is 5.88. The highest BCUT2D eigenvalue weighted by atomic mass is 16.2. The van der Waals surface area contributed by atoms with E-state index in [1.165, 1.54) is 6.42 Å². The van der Waals surface area contributed by atoms with E-state index < -0.39 is 0 Å². The van der Waals surface area contributed by atoms with Crippen molar-refractivity contribution in [3.05, 3.63) is 30.3 Å². The number of rotatable bonds is 7. The van der Waals surface area contributed by atoms with E-state index in [1.54, 1.807) is 0 Å². The molecule has 3 atom stereocenters. The number of hydrogen-bond donors (Lipinski definition) is 2. The molecule has 0 aliphatic carbocycles. The van der Waals surface area contributed by atoms with Crippen LogP contribution in [0.3, 0.4) is 0 Å². The highest BCUT2D eigenvalue weighted by Gasteiger charge is 2.16. The molecule has 3 unspecified atom stereocenters. The predicted octanol–water partition coefficient (Wildman–Crippen LogP) is 3.43. The summed E-state index contributed by atoms with van der Waals surface area (Å²) in [6, 6.07) is 9.73. The molecule has 0 saturated heterocycles. The number of para-hydroxylation sites is 1. The lowest BCUT2D eigenvalue weighted by Crippen LogP contribution is -2.43. The quantitative estimate of drug-likeness (QED) is 0.790. The Morgan fingerprint density at radius 3 is 2.37 bits per heavy atom. The molecule has 1 amide bonds. The van der Waals surface area contributed by atoms with Crippen LogP contribution in [-0.4, -0.2) is 18.0 Å². The molecule has 0 aromatic heterocycles. The zero-order valence-electron chi connectivity index (χ0n) is 12.4. The molecule has 3 nitrogen and oxygen atoms in total. The topological polar surface area (TPSA) is 41.1 Å². The first-order valence-electron chi connectivity index (χ1n) is 7.14. The minimum atomic E-state index is -0.181. The number of amides is 1. The Bertz CT molecular complexity index is 378. The van der Waals surface area contributed by atoms with Crippen LogP contribution in [0.5, 0.6) is 0 Å². The van der Waals surface area contributed by atoms with E-state index >= 15 is 0 Å². The van der Waals surface area contributed by atoms with Crippen LogP contribution in [0.1, 0.15) is 40.5 Å². The summed E-state index contributed by atoms with van der Waals surface area (Å²) in [4.78, 5) is 12.0. The van der Waals surface area contributed by atoms with Crippen LogP contribution in [0.4, 0.5) is 5.69 Å². The lowest BCUT2D eigenvalue weighted by Gasteiger charge is -2.21. The van der Waals surface area contributed by atoms with Crippen molar-refractivity contribution in [2.24, 2.45) is 5.92 Å². The van der Waals surface area contributed by atoms with Gasteiger partial charge >= 0.3 is 0 Å². The summed E-state index contributed by atoms with van der Waals surface area (Å²) in [5.41, 5.74) is 0.843. The van der Waals surface area contributed by atoms with Crippen LogP contribution in [0.2, 0.25) is 0 Å². The number of hydrogen-bond acceptors (Lipinski definition) is 2. The fourth-order valence-corrected chi connectivity index (χ4v) is 2.11. The monoisotopic (exact) mass is 262 g/mol. The van der Waals surface area contributed by atoms with Crippen molar-refractivity contribution in [1.29, 1.82) is 0 Å². The summed E-state index contributed by atoms with van der Waals surface area (Å²) < 4.78 is 0. The molecule has 106 valence electrons. The van der Waals surface area contributed by atoms with Gasteiger partial charge in [0.05, 0.1) is 6.04 Å². The van der Waals surface area contributed by atoms with Crippen molar-refractivity contribution >= 4 is 11.6 Å². The van der Waals surface area contributed by atoms with Crippen molar-refractivity contribution in [3.63, 3.8) is 0 Å². The van der Waals surface area contributed by atoms with Gasteiger partial charge in [0, 0.05) is 11.7 Å². The van der Waals surface area contributed by atoms with Gasteiger partial charge in [-0.05, 0) is 38.3 Å². The Morgan fingerprint density at radius 1 is 1.16 bits per heavy atom. The second-order valence-electron chi connectivity index (χ2n) is 5.39. The normalized spacial score (nSPS) is 15.6. The minimum Gasteiger partial charge on any atom is -0.325 e. The fraction of sp³-hybridized carbons (Fsp3) is 0.562. The number of carbonyl (C=O) groups is 1. The maximum absolute atomic E-state index is 12.0. The standard InChI is InChI=1S/C16H26N2O/c1-5-12(2)11-13(3)17-14(4)16(19)18-15-9-7-6-8-10-15/h6-10,12-14,17H,5,11H2,1-4H3,(H,18,19). The SMILES string of the molecule is CCC(C)CC(C)NC(C)C(=O)Nc1ccccc1. The molecule has 0 fully saturated rings. The molecule has 1 aromatic carbocycles. The zero-order valence-corrected chi connectivity index (χ0v) is 12.4. The average Bonchev–Trinajstić information content (AvgIpc) is 2.39. The largest absolute Gasteiger partial charge is 0.325 e. The Kier molecular flexibility index (Phi) is 6.57. The van der Waals surface area contributed by atoms with Crippen LogP contribution in [0.15, 0.2) is 30.3 Å². The van der Waals surface area contributed by atoms with Crippen molar-refractivity contribution in [1.82, 2.24) is 5.32 Å². The van der Waals surface area contributed by atoms with Gasteiger partial charge in [0.15, 0.2) is 0 Å². The highest BCUT2D eigenvalue weighted by Crippen LogP contribution is 2.10.